The molecule has 7 nitrogen and oxygen atoms in total. The molecule has 2 fully saturated rings. The van der Waals surface area contributed by atoms with Crippen LogP contribution < -0.4 is 4.72 Å². The molecule has 0 radical (unpaired) electrons. The van der Waals surface area contributed by atoms with Gasteiger partial charge in [-0.05, 0) is 54.8 Å². The molecule has 1 aliphatic carbocycles. The number of amides is 1. The van der Waals surface area contributed by atoms with Gasteiger partial charge in [0.15, 0.2) is 0 Å². The van der Waals surface area contributed by atoms with Gasteiger partial charge < -0.3 is 9.47 Å². The minimum atomic E-state index is -4.22. The number of fused-ring (bicyclic) bond motifs is 1. The molecule has 1 amide bonds. The molecule has 4 rings (SSSR count). The third-order valence-electron chi connectivity index (χ3n) is 6.75. The second-order valence-electron chi connectivity index (χ2n) is 8.93. The Morgan fingerprint density at radius 3 is 2.41 bits per heavy atom. The van der Waals surface area contributed by atoms with Crippen LogP contribution in [0.1, 0.15) is 38.5 Å². The third-order valence-corrected chi connectivity index (χ3v) is 9.68. The predicted molar refractivity (Wildman–Crippen MR) is 134 cm³/mol. The van der Waals surface area contributed by atoms with Crippen molar-refractivity contribution in [3.05, 3.63) is 44.9 Å². The van der Waals surface area contributed by atoms with E-state index in [-0.39, 0.29) is 37.6 Å². The Kier molecular flexibility index (Phi) is 8.37. The molecule has 2 unspecified atom stereocenters. The minimum absolute atomic E-state index is 0.114. The molecular weight excluding hydrogens is 542 g/mol. The first-order valence-corrected chi connectivity index (χ1v) is 14.3. The molecule has 1 saturated carbocycles. The molecule has 0 bridgehead atoms. The minimum Gasteiger partial charge on any atom is -0.341 e. The van der Waals surface area contributed by atoms with Crippen molar-refractivity contribution in [2.24, 2.45) is 11.8 Å². The van der Waals surface area contributed by atoms with E-state index in [1.54, 1.807) is 21.9 Å². The number of nitrogens with one attached hydrogen (secondary N) is 1. The first-order chi connectivity index (χ1) is 16.2. The lowest BCUT2D eigenvalue weighted by Gasteiger charge is -2.42. The van der Waals surface area contributed by atoms with Crippen LogP contribution in [0, 0.1) is 11.8 Å². The Labute approximate surface area is 219 Å². The van der Waals surface area contributed by atoms with Gasteiger partial charge in [0.05, 0.1) is 10.0 Å². The number of hydrogen-bond donors (Lipinski definition) is 1. The van der Waals surface area contributed by atoms with E-state index in [0.29, 0.717) is 31.5 Å². The number of halogens is 4. The summed E-state index contributed by atoms with van der Waals surface area (Å²) in [5.74, 6) is 0.848. The summed E-state index contributed by atoms with van der Waals surface area (Å²) in [6.07, 6.45) is 9.07. The second kappa shape index (κ2) is 10.9. The molecule has 186 valence electrons. The average Bonchev–Trinajstić information content (AvgIpc) is 3.19. The molecule has 1 aliphatic heterocycles. The molecule has 0 spiro atoms. The second-order valence-corrected chi connectivity index (χ2v) is 12.2. The maximum atomic E-state index is 13.6. The van der Waals surface area contributed by atoms with E-state index < -0.39 is 16.1 Å². The molecule has 1 saturated heterocycles. The third kappa shape index (κ3) is 5.85. The summed E-state index contributed by atoms with van der Waals surface area (Å²) in [6.45, 7) is 1.57. The monoisotopic (exact) mass is 566 g/mol. The van der Waals surface area contributed by atoms with Crippen LogP contribution in [-0.4, -0.2) is 47.9 Å². The van der Waals surface area contributed by atoms with Crippen LogP contribution in [0.3, 0.4) is 0 Å². The van der Waals surface area contributed by atoms with Gasteiger partial charge >= 0.3 is 0 Å². The molecule has 1 aromatic carbocycles. The van der Waals surface area contributed by atoms with Crippen molar-refractivity contribution < 1.29 is 13.2 Å². The number of aryl methyl sites for hydroxylation is 1. The lowest BCUT2D eigenvalue weighted by molar-refractivity contribution is -0.136. The maximum absolute atomic E-state index is 13.6. The van der Waals surface area contributed by atoms with Gasteiger partial charge in [0.1, 0.15) is 10.9 Å². The fourth-order valence-corrected chi connectivity index (χ4v) is 8.00. The molecule has 2 aromatic rings. The van der Waals surface area contributed by atoms with Crippen molar-refractivity contribution in [2.45, 2.75) is 56.0 Å². The van der Waals surface area contributed by atoms with Crippen LogP contribution in [0.15, 0.2) is 29.4 Å². The Morgan fingerprint density at radius 2 is 1.76 bits per heavy atom. The van der Waals surface area contributed by atoms with Gasteiger partial charge in [0.2, 0.25) is 21.2 Å². The standard InChI is InChI=1S/C22H26Cl4N4O3S/c23-16-11-17(24)20(18(25)12-16)34(32,33)28-19(6-9-29-10-7-27-22(29)26)21(31)30-8-5-14-3-1-2-4-15(14)13-30/h7,10-12,14-15,19,28H,1-6,8-9,13H2/t14?,15-,19?/m1/s1. The first-order valence-electron chi connectivity index (χ1n) is 11.3. The number of benzene rings is 1. The number of nitrogens with zero attached hydrogens (tertiary/aromatic N) is 3. The summed E-state index contributed by atoms with van der Waals surface area (Å²) < 4.78 is 30.8. The smallest absolute Gasteiger partial charge is 0.244 e. The van der Waals surface area contributed by atoms with E-state index in [1.165, 1.54) is 31.4 Å². The highest BCUT2D eigenvalue weighted by Gasteiger charge is 2.37. The number of piperidine rings is 1. The Balaban J connectivity index is 1.57. The molecule has 2 aliphatic rings. The topological polar surface area (TPSA) is 84.3 Å². The summed E-state index contributed by atoms with van der Waals surface area (Å²) >= 11 is 24.4. The highest BCUT2D eigenvalue weighted by molar-refractivity contribution is 7.89. The Bertz CT molecular complexity index is 1130. The van der Waals surface area contributed by atoms with E-state index in [4.69, 9.17) is 46.4 Å². The summed E-state index contributed by atoms with van der Waals surface area (Å²) in [5.41, 5.74) is 0. The van der Waals surface area contributed by atoms with Crippen LogP contribution in [0.25, 0.3) is 0 Å². The van der Waals surface area contributed by atoms with Crippen molar-refractivity contribution in [1.82, 2.24) is 19.2 Å². The van der Waals surface area contributed by atoms with Gasteiger partial charge in [-0.2, -0.15) is 4.72 Å². The number of carbonyl (C=O) groups excluding carboxylic acids is 1. The van der Waals surface area contributed by atoms with Crippen LogP contribution in [0.5, 0.6) is 0 Å². The molecule has 34 heavy (non-hydrogen) atoms. The van der Waals surface area contributed by atoms with E-state index in [1.807, 2.05) is 0 Å². The molecule has 1 aromatic heterocycles. The molecule has 2 heterocycles. The number of carbonyl (C=O) groups is 1. The van der Waals surface area contributed by atoms with Gasteiger partial charge in [0.25, 0.3) is 0 Å². The van der Waals surface area contributed by atoms with Gasteiger partial charge in [0, 0.05) is 37.1 Å². The van der Waals surface area contributed by atoms with Crippen molar-refractivity contribution >= 4 is 62.3 Å². The summed E-state index contributed by atoms with van der Waals surface area (Å²) in [6, 6.07) is 1.59. The Hall–Kier alpha value is -1.03. The van der Waals surface area contributed by atoms with Gasteiger partial charge in [-0.15, -0.1) is 0 Å². The molecule has 12 heteroatoms. The van der Waals surface area contributed by atoms with E-state index in [9.17, 15) is 13.2 Å². The Morgan fingerprint density at radius 1 is 1.09 bits per heavy atom. The normalized spacial score (nSPS) is 21.8. The zero-order valence-corrected chi connectivity index (χ0v) is 22.2. The number of hydrogen-bond acceptors (Lipinski definition) is 4. The molecular formula is C22H26Cl4N4O3S. The summed E-state index contributed by atoms with van der Waals surface area (Å²) in [7, 11) is -4.22. The van der Waals surface area contributed by atoms with E-state index >= 15 is 0 Å². The van der Waals surface area contributed by atoms with Crippen molar-refractivity contribution in [3.63, 3.8) is 0 Å². The van der Waals surface area contributed by atoms with E-state index in [2.05, 4.69) is 9.71 Å². The highest BCUT2D eigenvalue weighted by atomic mass is 35.5. The van der Waals surface area contributed by atoms with Crippen LogP contribution in [0.2, 0.25) is 20.4 Å². The summed E-state index contributed by atoms with van der Waals surface area (Å²) in [4.78, 5) is 19.1. The van der Waals surface area contributed by atoms with Crippen LogP contribution in [-0.2, 0) is 21.4 Å². The van der Waals surface area contributed by atoms with E-state index in [0.717, 1.165) is 12.8 Å². The largest absolute Gasteiger partial charge is 0.341 e. The fourth-order valence-electron chi connectivity index (χ4n) is 5.03. The zero-order valence-electron chi connectivity index (χ0n) is 18.4. The number of likely N-dealkylation sites (tertiary alicyclic amines) is 1. The quantitative estimate of drug-likeness (QED) is 0.494. The number of sulfonamides is 1. The molecule has 1 N–H and O–H groups in total. The number of rotatable bonds is 7. The number of imidazole rings is 1. The average molecular weight is 568 g/mol. The van der Waals surface area contributed by atoms with Crippen LogP contribution in [0.4, 0.5) is 0 Å². The lowest BCUT2D eigenvalue weighted by Crippen LogP contribution is -2.53. The van der Waals surface area contributed by atoms with Gasteiger partial charge in [-0.25, -0.2) is 13.4 Å². The first kappa shape index (κ1) is 26.0. The molecule has 3 atom stereocenters. The van der Waals surface area contributed by atoms with Crippen LogP contribution >= 0.6 is 46.4 Å². The van der Waals surface area contributed by atoms with Gasteiger partial charge in [-0.3, -0.25) is 4.79 Å². The van der Waals surface area contributed by atoms with Crippen molar-refractivity contribution in [3.8, 4) is 0 Å². The van der Waals surface area contributed by atoms with Crippen molar-refractivity contribution in [1.29, 1.82) is 0 Å². The van der Waals surface area contributed by atoms with Gasteiger partial charge in [-0.1, -0.05) is 54.1 Å². The maximum Gasteiger partial charge on any atom is 0.244 e. The van der Waals surface area contributed by atoms with Crippen molar-refractivity contribution in [2.75, 3.05) is 13.1 Å². The SMILES string of the molecule is O=C(C(CCn1ccnc1Cl)NS(=O)(=O)c1c(Cl)cc(Cl)cc1Cl)N1CCC2CCCC[C@@H]2C1. The lowest BCUT2D eigenvalue weighted by atomic mass is 9.75. The highest BCUT2D eigenvalue weighted by Crippen LogP contribution is 2.37. The number of aromatic nitrogens is 2. The predicted octanol–water partition coefficient (Wildman–Crippen LogP) is 5.27. The zero-order chi connectivity index (χ0) is 24.5. The summed E-state index contributed by atoms with van der Waals surface area (Å²) in [5, 5.41) is 0.251. The fraction of sp³-hybridized carbons (Fsp3) is 0.545.